The molecule has 0 aliphatic rings. The number of fused-ring (bicyclic) bond motifs is 1. The van der Waals surface area contributed by atoms with Gasteiger partial charge in [0.1, 0.15) is 18.1 Å². The number of hydrogen-bond donors (Lipinski definition) is 3. The second kappa shape index (κ2) is 7.19. The number of carbonyl (C=O) groups excluding carboxylic acids is 1. The molecule has 3 rings (SSSR count). The van der Waals surface area contributed by atoms with Gasteiger partial charge in [0.15, 0.2) is 0 Å². The van der Waals surface area contributed by atoms with Crippen molar-refractivity contribution in [2.45, 2.75) is 13.0 Å². The highest BCUT2D eigenvalue weighted by molar-refractivity contribution is 6.01. The van der Waals surface area contributed by atoms with E-state index in [0.717, 1.165) is 27.8 Å². The van der Waals surface area contributed by atoms with Crippen LogP contribution in [0.5, 0.6) is 5.75 Å². The normalized spacial score (nSPS) is 10.8. The molecule has 0 spiro atoms. The summed E-state index contributed by atoms with van der Waals surface area (Å²) in [6.07, 6.45) is 0.630. The Hall–Kier alpha value is -2.79. The molecule has 0 bridgehead atoms. The first-order valence-electron chi connectivity index (χ1n) is 7.96. The van der Waals surface area contributed by atoms with Crippen LogP contribution in [0.4, 0.5) is 0 Å². The summed E-state index contributed by atoms with van der Waals surface area (Å²) in [6, 6.07) is 15.8. The maximum Gasteiger partial charge on any atom is 0.267 e. The van der Waals surface area contributed by atoms with Crippen LogP contribution in [-0.2, 0) is 13.0 Å². The van der Waals surface area contributed by atoms with E-state index >= 15 is 0 Å². The molecular formula is C19H21N3O2. The summed E-state index contributed by atoms with van der Waals surface area (Å²) in [5, 5.41) is 3.64. The van der Waals surface area contributed by atoms with Crippen molar-refractivity contribution in [2.75, 3.05) is 13.6 Å². The van der Waals surface area contributed by atoms with Gasteiger partial charge in [-0.1, -0.05) is 30.3 Å². The Balaban J connectivity index is 1.91. The van der Waals surface area contributed by atoms with Crippen LogP contribution in [0.2, 0.25) is 0 Å². The molecule has 0 saturated heterocycles. The number of aromatic nitrogens is 1. The summed E-state index contributed by atoms with van der Waals surface area (Å²) >= 11 is 0. The number of carbonyl (C=O) groups is 1. The first kappa shape index (κ1) is 16.1. The lowest BCUT2D eigenvalue weighted by molar-refractivity contribution is 0.0958. The van der Waals surface area contributed by atoms with Crippen molar-refractivity contribution in [3.63, 3.8) is 0 Å². The second-order valence-corrected chi connectivity index (χ2v) is 5.58. The van der Waals surface area contributed by atoms with E-state index in [0.29, 0.717) is 25.3 Å². The van der Waals surface area contributed by atoms with Crippen molar-refractivity contribution in [3.05, 3.63) is 65.4 Å². The molecule has 0 radical (unpaired) electrons. The van der Waals surface area contributed by atoms with Gasteiger partial charge >= 0.3 is 0 Å². The van der Waals surface area contributed by atoms with E-state index in [-0.39, 0.29) is 5.91 Å². The molecule has 1 aromatic heterocycles. The van der Waals surface area contributed by atoms with E-state index in [1.165, 1.54) is 0 Å². The number of benzene rings is 2. The van der Waals surface area contributed by atoms with E-state index in [4.69, 9.17) is 10.5 Å². The van der Waals surface area contributed by atoms with E-state index in [1.807, 2.05) is 48.5 Å². The first-order chi connectivity index (χ1) is 11.7. The van der Waals surface area contributed by atoms with Gasteiger partial charge in [0.25, 0.3) is 5.91 Å². The summed E-state index contributed by atoms with van der Waals surface area (Å²) < 4.78 is 5.88. The molecule has 24 heavy (non-hydrogen) atoms. The summed E-state index contributed by atoms with van der Waals surface area (Å²) in [4.78, 5) is 15.2. The number of nitrogens with one attached hydrogen (secondary N) is 2. The molecule has 0 atom stereocenters. The van der Waals surface area contributed by atoms with Crippen molar-refractivity contribution in [2.24, 2.45) is 5.73 Å². The molecule has 5 heteroatoms. The Morgan fingerprint density at radius 1 is 1.21 bits per heavy atom. The van der Waals surface area contributed by atoms with Crippen LogP contribution in [-0.4, -0.2) is 24.5 Å². The molecule has 0 aliphatic heterocycles. The Bertz CT molecular complexity index is 840. The van der Waals surface area contributed by atoms with Gasteiger partial charge in [-0.15, -0.1) is 0 Å². The van der Waals surface area contributed by atoms with Crippen molar-refractivity contribution in [1.29, 1.82) is 0 Å². The van der Waals surface area contributed by atoms with Gasteiger partial charge < -0.3 is 20.8 Å². The quantitative estimate of drug-likeness (QED) is 0.652. The van der Waals surface area contributed by atoms with E-state index < -0.39 is 0 Å². The molecular weight excluding hydrogens is 302 g/mol. The molecule has 5 nitrogen and oxygen atoms in total. The fourth-order valence-electron chi connectivity index (χ4n) is 2.78. The minimum atomic E-state index is -0.138. The Morgan fingerprint density at radius 3 is 2.71 bits per heavy atom. The van der Waals surface area contributed by atoms with Crippen LogP contribution in [0.1, 0.15) is 21.6 Å². The van der Waals surface area contributed by atoms with E-state index in [1.54, 1.807) is 7.05 Å². The third kappa shape index (κ3) is 3.26. The highest BCUT2D eigenvalue weighted by atomic mass is 16.5. The number of H-pyrrole nitrogens is 1. The van der Waals surface area contributed by atoms with Crippen molar-refractivity contribution in [3.8, 4) is 5.75 Å². The molecule has 3 aromatic rings. The van der Waals surface area contributed by atoms with E-state index in [9.17, 15) is 4.79 Å². The smallest absolute Gasteiger partial charge is 0.267 e. The van der Waals surface area contributed by atoms with Gasteiger partial charge in [-0.3, -0.25) is 4.79 Å². The highest BCUT2D eigenvalue weighted by Crippen LogP contribution is 2.27. The van der Waals surface area contributed by atoms with Crippen LogP contribution >= 0.6 is 0 Å². The zero-order chi connectivity index (χ0) is 16.9. The maximum atomic E-state index is 12.1. The van der Waals surface area contributed by atoms with Crippen LogP contribution in [0, 0.1) is 0 Å². The lowest BCUT2D eigenvalue weighted by Gasteiger charge is -2.07. The summed E-state index contributed by atoms with van der Waals surface area (Å²) in [5.74, 6) is 0.633. The molecule has 0 unspecified atom stereocenters. The second-order valence-electron chi connectivity index (χ2n) is 5.58. The SMILES string of the molecule is CNC(=O)c1[nH]c2ccc(OCc3ccccc3)cc2c1CCN. The third-order valence-corrected chi connectivity index (χ3v) is 3.97. The van der Waals surface area contributed by atoms with Crippen molar-refractivity contribution < 1.29 is 9.53 Å². The van der Waals surface area contributed by atoms with Crippen molar-refractivity contribution in [1.82, 2.24) is 10.3 Å². The van der Waals surface area contributed by atoms with E-state index in [2.05, 4.69) is 10.3 Å². The van der Waals surface area contributed by atoms with Gasteiger partial charge in [-0.25, -0.2) is 0 Å². The number of aromatic amines is 1. The minimum absolute atomic E-state index is 0.138. The summed E-state index contributed by atoms with van der Waals surface area (Å²) in [6.45, 7) is 0.983. The number of nitrogens with two attached hydrogens (primary N) is 1. The van der Waals surface area contributed by atoms with Gasteiger partial charge in [0, 0.05) is 18.0 Å². The third-order valence-electron chi connectivity index (χ3n) is 3.97. The highest BCUT2D eigenvalue weighted by Gasteiger charge is 2.16. The summed E-state index contributed by atoms with van der Waals surface area (Å²) in [5.41, 5.74) is 9.23. The summed E-state index contributed by atoms with van der Waals surface area (Å²) in [7, 11) is 1.62. The van der Waals surface area contributed by atoms with Gasteiger partial charge in [0.05, 0.1) is 0 Å². The van der Waals surface area contributed by atoms with Crippen LogP contribution < -0.4 is 15.8 Å². The number of rotatable bonds is 6. The van der Waals surface area contributed by atoms with Crippen LogP contribution in [0.25, 0.3) is 10.9 Å². The Morgan fingerprint density at radius 2 is 2.00 bits per heavy atom. The Labute approximate surface area is 140 Å². The minimum Gasteiger partial charge on any atom is -0.489 e. The zero-order valence-corrected chi connectivity index (χ0v) is 13.6. The lowest BCUT2D eigenvalue weighted by Crippen LogP contribution is -2.20. The number of amides is 1. The average Bonchev–Trinajstić information content (AvgIpc) is 2.98. The van der Waals surface area contributed by atoms with Crippen LogP contribution in [0.3, 0.4) is 0 Å². The van der Waals surface area contributed by atoms with Crippen molar-refractivity contribution >= 4 is 16.8 Å². The molecule has 0 saturated carbocycles. The fraction of sp³-hybridized carbons (Fsp3) is 0.211. The molecule has 0 fully saturated rings. The number of hydrogen-bond acceptors (Lipinski definition) is 3. The topological polar surface area (TPSA) is 80.1 Å². The number of ether oxygens (including phenoxy) is 1. The van der Waals surface area contributed by atoms with Crippen LogP contribution in [0.15, 0.2) is 48.5 Å². The van der Waals surface area contributed by atoms with Gasteiger partial charge in [-0.2, -0.15) is 0 Å². The van der Waals surface area contributed by atoms with Gasteiger partial charge in [0.2, 0.25) is 0 Å². The molecule has 0 aliphatic carbocycles. The maximum absolute atomic E-state index is 12.1. The fourth-order valence-corrected chi connectivity index (χ4v) is 2.78. The average molecular weight is 323 g/mol. The predicted molar refractivity (Wildman–Crippen MR) is 95.2 cm³/mol. The molecule has 4 N–H and O–H groups in total. The monoisotopic (exact) mass is 323 g/mol. The zero-order valence-electron chi connectivity index (χ0n) is 13.6. The molecule has 2 aromatic carbocycles. The lowest BCUT2D eigenvalue weighted by atomic mass is 10.1. The first-order valence-corrected chi connectivity index (χ1v) is 7.96. The molecule has 1 heterocycles. The molecule has 124 valence electrons. The Kier molecular flexibility index (Phi) is 4.82. The predicted octanol–water partition coefficient (Wildman–Crippen LogP) is 2.61. The standard InChI is InChI=1S/C19H21N3O2/c1-21-19(23)18-15(9-10-20)16-11-14(7-8-17(16)22-18)24-12-13-5-3-2-4-6-13/h2-8,11,22H,9-10,12,20H2,1H3,(H,21,23). The molecule has 1 amide bonds. The largest absolute Gasteiger partial charge is 0.489 e. The van der Waals surface area contributed by atoms with Gasteiger partial charge in [-0.05, 0) is 42.3 Å².